The average Bonchev–Trinajstić information content (AvgIpc) is 2.90. The third kappa shape index (κ3) is 4.67. The van der Waals surface area contributed by atoms with Gasteiger partial charge in [-0.25, -0.2) is 17.9 Å². The van der Waals surface area contributed by atoms with E-state index in [0.29, 0.717) is 17.9 Å². The smallest absolute Gasteiger partial charge is 0.338 e. The van der Waals surface area contributed by atoms with Crippen LogP contribution in [0.25, 0.3) is 0 Å². The van der Waals surface area contributed by atoms with Crippen LogP contribution in [0.3, 0.4) is 0 Å². The fraction of sp³-hybridized carbons (Fsp3) is 0.412. The van der Waals surface area contributed by atoms with Gasteiger partial charge in [-0.1, -0.05) is 12.1 Å². The zero-order chi connectivity index (χ0) is 18.6. The molecule has 0 saturated carbocycles. The summed E-state index contributed by atoms with van der Waals surface area (Å²) in [5.74, 6) is 0.0571. The number of carbonyl (C=O) groups is 1. The van der Waals surface area contributed by atoms with Crippen molar-refractivity contribution in [1.29, 1.82) is 0 Å². The van der Waals surface area contributed by atoms with Gasteiger partial charge in [-0.05, 0) is 51.5 Å². The molecule has 0 bridgehead atoms. The van der Waals surface area contributed by atoms with E-state index in [-0.39, 0.29) is 23.1 Å². The van der Waals surface area contributed by atoms with Crippen molar-refractivity contribution in [3.05, 3.63) is 46.8 Å². The highest BCUT2D eigenvalue weighted by atomic mass is 32.2. The average molecular weight is 366 g/mol. The van der Waals surface area contributed by atoms with Gasteiger partial charge in [0.05, 0.1) is 21.7 Å². The van der Waals surface area contributed by atoms with Crippen LogP contribution in [-0.4, -0.2) is 25.6 Å². The molecule has 1 N–H and O–H groups in total. The molecule has 0 aliphatic carbocycles. The summed E-state index contributed by atoms with van der Waals surface area (Å²) in [4.78, 5) is 12.2. The van der Waals surface area contributed by atoms with Crippen molar-refractivity contribution in [3.8, 4) is 0 Å². The number of hydrogen-bond acceptors (Lipinski definition) is 6. The van der Waals surface area contributed by atoms with Crippen molar-refractivity contribution < 1.29 is 22.5 Å². The Morgan fingerprint density at radius 2 is 1.92 bits per heavy atom. The van der Waals surface area contributed by atoms with E-state index in [0.717, 1.165) is 5.56 Å². The third-order valence-corrected chi connectivity index (χ3v) is 5.50. The lowest BCUT2D eigenvalue weighted by Gasteiger charge is -2.12. The SMILES string of the molecule is CC[C@H](C)NS(=O)(=O)c1ccc(C(=O)OCc2c(C)noc2C)cc1. The van der Waals surface area contributed by atoms with Gasteiger partial charge >= 0.3 is 5.97 Å². The maximum absolute atomic E-state index is 12.2. The number of carbonyl (C=O) groups excluding carboxylic acids is 1. The van der Waals surface area contributed by atoms with Crippen molar-refractivity contribution in [2.24, 2.45) is 0 Å². The van der Waals surface area contributed by atoms with E-state index in [4.69, 9.17) is 9.26 Å². The van der Waals surface area contributed by atoms with E-state index in [2.05, 4.69) is 9.88 Å². The molecule has 0 radical (unpaired) electrons. The minimum Gasteiger partial charge on any atom is -0.457 e. The Labute approximate surface area is 147 Å². The van der Waals surface area contributed by atoms with Crippen molar-refractivity contribution in [3.63, 3.8) is 0 Å². The van der Waals surface area contributed by atoms with Gasteiger partial charge in [0.1, 0.15) is 12.4 Å². The van der Waals surface area contributed by atoms with Crippen LogP contribution in [0.2, 0.25) is 0 Å². The van der Waals surface area contributed by atoms with Crippen molar-refractivity contribution >= 4 is 16.0 Å². The monoisotopic (exact) mass is 366 g/mol. The summed E-state index contributed by atoms with van der Waals surface area (Å²) >= 11 is 0. The molecule has 0 fully saturated rings. The summed E-state index contributed by atoms with van der Waals surface area (Å²) in [7, 11) is -3.60. The summed E-state index contributed by atoms with van der Waals surface area (Å²) < 4.78 is 37.2. The summed E-state index contributed by atoms with van der Waals surface area (Å²) in [6.45, 7) is 7.25. The Morgan fingerprint density at radius 1 is 1.28 bits per heavy atom. The normalized spacial score (nSPS) is 12.8. The molecule has 0 unspecified atom stereocenters. The molecular weight excluding hydrogens is 344 g/mol. The number of sulfonamides is 1. The van der Waals surface area contributed by atoms with E-state index in [9.17, 15) is 13.2 Å². The lowest BCUT2D eigenvalue weighted by molar-refractivity contribution is 0.0470. The Hall–Kier alpha value is -2.19. The summed E-state index contributed by atoms with van der Waals surface area (Å²) in [6.07, 6.45) is 0.686. The topological polar surface area (TPSA) is 98.5 Å². The predicted molar refractivity (Wildman–Crippen MR) is 91.6 cm³/mol. The van der Waals surface area contributed by atoms with Gasteiger partial charge < -0.3 is 9.26 Å². The number of benzene rings is 1. The van der Waals surface area contributed by atoms with Crippen molar-refractivity contribution in [1.82, 2.24) is 9.88 Å². The van der Waals surface area contributed by atoms with E-state index >= 15 is 0 Å². The van der Waals surface area contributed by atoms with Gasteiger partial charge in [0.15, 0.2) is 0 Å². The first-order valence-corrected chi connectivity index (χ1v) is 9.44. The van der Waals surface area contributed by atoms with Crippen LogP contribution >= 0.6 is 0 Å². The highest BCUT2D eigenvalue weighted by Crippen LogP contribution is 2.16. The Morgan fingerprint density at radius 3 is 2.44 bits per heavy atom. The molecule has 0 aliphatic heterocycles. The van der Waals surface area contributed by atoms with E-state index in [1.165, 1.54) is 24.3 Å². The molecule has 25 heavy (non-hydrogen) atoms. The van der Waals surface area contributed by atoms with E-state index in [1.54, 1.807) is 20.8 Å². The standard InChI is InChI=1S/C17H22N2O5S/c1-5-11(2)19-25(21,22)15-8-6-14(7-9-15)17(20)23-10-16-12(3)18-24-13(16)4/h6-9,11,19H,5,10H2,1-4H3/t11-/m0/s1. The van der Waals surface area contributed by atoms with Crippen LogP contribution in [0.1, 0.15) is 47.6 Å². The second-order valence-electron chi connectivity index (χ2n) is 5.83. The predicted octanol–water partition coefficient (Wildman–Crippen LogP) is 2.73. The molecule has 0 saturated heterocycles. The molecule has 2 rings (SSSR count). The van der Waals surface area contributed by atoms with Crippen LogP contribution in [0.5, 0.6) is 0 Å². The second-order valence-corrected chi connectivity index (χ2v) is 7.55. The molecule has 0 aliphatic rings. The number of esters is 1. The van der Waals surface area contributed by atoms with Crippen LogP contribution < -0.4 is 4.72 Å². The summed E-state index contributed by atoms with van der Waals surface area (Å²) in [6, 6.07) is 5.47. The number of ether oxygens (including phenoxy) is 1. The fourth-order valence-corrected chi connectivity index (χ4v) is 3.44. The molecule has 1 aromatic heterocycles. The largest absolute Gasteiger partial charge is 0.457 e. The van der Waals surface area contributed by atoms with Crippen molar-refractivity contribution in [2.75, 3.05) is 0 Å². The van der Waals surface area contributed by atoms with Crippen molar-refractivity contribution in [2.45, 2.75) is 51.7 Å². The van der Waals surface area contributed by atoms with E-state index < -0.39 is 16.0 Å². The number of aryl methyl sites for hydroxylation is 2. The molecule has 0 spiro atoms. The van der Waals surface area contributed by atoms with Gasteiger partial charge in [0.2, 0.25) is 10.0 Å². The fourth-order valence-electron chi connectivity index (χ4n) is 2.12. The van der Waals surface area contributed by atoms with Gasteiger partial charge in [-0.15, -0.1) is 0 Å². The first kappa shape index (κ1) is 19.1. The van der Waals surface area contributed by atoms with Gasteiger partial charge in [-0.3, -0.25) is 0 Å². The first-order chi connectivity index (χ1) is 11.7. The molecular formula is C17H22N2O5S. The zero-order valence-electron chi connectivity index (χ0n) is 14.7. The first-order valence-electron chi connectivity index (χ1n) is 7.96. The Kier molecular flexibility index (Phi) is 5.97. The molecule has 8 heteroatoms. The lowest BCUT2D eigenvalue weighted by Crippen LogP contribution is -2.32. The van der Waals surface area contributed by atoms with Gasteiger partial charge in [-0.2, -0.15) is 0 Å². The molecule has 136 valence electrons. The zero-order valence-corrected chi connectivity index (χ0v) is 15.5. The van der Waals surface area contributed by atoms with Crippen LogP contribution in [0.15, 0.2) is 33.7 Å². The Balaban J connectivity index is 2.05. The maximum Gasteiger partial charge on any atom is 0.338 e. The quantitative estimate of drug-likeness (QED) is 0.757. The molecule has 0 amide bonds. The number of nitrogens with zero attached hydrogens (tertiary/aromatic N) is 1. The van der Waals surface area contributed by atoms with Crippen LogP contribution in [0, 0.1) is 13.8 Å². The number of nitrogens with one attached hydrogen (secondary N) is 1. The molecule has 2 aromatic rings. The minimum atomic E-state index is -3.60. The number of rotatable bonds is 7. The number of hydrogen-bond donors (Lipinski definition) is 1. The van der Waals surface area contributed by atoms with Crippen LogP contribution in [-0.2, 0) is 21.4 Å². The molecule has 1 atom stereocenters. The van der Waals surface area contributed by atoms with Gasteiger partial charge in [0.25, 0.3) is 0 Å². The number of aromatic nitrogens is 1. The molecule has 1 aromatic carbocycles. The Bertz CT molecular complexity index is 821. The van der Waals surface area contributed by atoms with Gasteiger partial charge in [0, 0.05) is 6.04 Å². The highest BCUT2D eigenvalue weighted by molar-refractivity contribution is 7.89. The molecule has 1 heterocycles. The third-order valence-electron chi connectivity index (χ3n) is 3.90. The lowest BCUT2D eigenvalue weighted by atomic mass is 10.2. The minimum absolute atomic E-state index is 0.0512. The summed E-state index contributed by atoms with van der Waals surface area (Å²) in [5, 5.41) is 3.80. The summed E-state index contributed by atoms with van der Waals surface area (Å²) in [5.41, 5.74) is 1.67. The van der Waals surface area contributed by atoms with E-state index in [1.807, 2.05) is 6.92 Å². The highest BCUT2D eigenvalue weighted by Gasteiger charge is 2.18. The van der Waals surface area contributed by atoms with Crippen LogP contribution in [0.4, 0.5) is 0 Å². The molecule has 7 nitrogen and oxygen atoms in total. The maximum atomic E-state index is 12.2. The second kappa shape index (κ2) is 7.79.